The molecule has 0 aliphatic rings. The fraction of sp³-hybridized carbons (Fsp3) is 0.833. The highest BCUT2D eigenvalue weighted by atomic mass is 16.4. The first-order chi connectivity index (χ1) is 5.13. The first kappa shape index (κ1) is 9.78. The predicted molar refractivity (Wildman–Crippen MR) is 40.0 cm³/mol. The number of nitrogens with zero attached hydrogens (tertiary/aromatic N) is 3. The van der Waals surface area contributed by atoms with Gasteiger partial charge in [-0.1, -0.05) is 25.4 Å². The van der Waals surface area contributed by atoms with Gasteiger partial charge in [0.05, 0.1) is 0 Å². The number of aliphatic carboxylic acids is 1. The molecule has 0 radical (unpaired) electrons. The van der Waals surface area contributed by atoms with Crippen LogP contribution in [0, 0.1) is 5.92 Å². The molecule has 0 aliphatic carbocycles. The Morgan fingerprint density at radius 1 is 1.82 bits per heavy atom. The quantitative estimate of drug-likeness (QED) is 0.383. The smallest absolute Gasteiger partial charge is 0.312 e. The third-order valence-corrected chi connectivity index (χ3v) is 1.61. The average molecular weight is 157 g/mol. The number of hydrogen-bond donors (Lipinski definition) is 1. The molecule has 5 heteroatoms. The van der Waals surface area contributed by atoms with Crippen molar-refractivity contribution in [1.29, 1.82) is 0 Å². The van der Waals surface area contributed by atoms with Gasteiger partial charge >= 0.3 is 5.97 Å². The van der Waals surface area contributed by atoms with Crippen molar-refractivity contribution in [2.24, 2.45) is 11.0 Å². The van der Waals surface area contributed by atoms with E-state index in [4.69, 9.17) is 10.6 Å². The van der Waals surface area contributed by atoms with Gasteiger partial charge in [0.15, 0.2) is 0 Å². The van der Waals surface area contributed by atoms with E-state index in [1.165, 1.54) is 0 Å². The number of carbonyl (C=O) groups is 1. The molecule has 0 aliphatic heterocycles. The Kier molecular flexibility index (Phi) is 4.07. The largest absolute Gasteiger partial charge is 0.481 e. The normalized spacial score (nSPS) is 14.7. The summed E-state index contributed by atoms with van der Waals surface area (Å²) >= 11 is 0. The lowest BCUT2D eigenvalue weighted by Gasteiger charge is -2.11. The molecule has 0 saturated carbocycles. The van der Waals surface area contributed by atoms with E-state index in [1.807, 2.05) is 6.92 Å². The maximum atomic E-state index is 10.4. The highest BCUT2D eigenvalue weighted by Crippen LogP contribution is 2.11. The molecule has 0 aromatic carbocycles. The third-order valence-electron chi connectivity index (χ3n) is 1.61. The molecule has 0 saturated heterocycles. The lowest BCUT2D eigenvalue weighted by Crippen LogP contribution is -2.24. The van der Waals surface area contributed by atoms with E-state index in [0.717, 1.165) is 0 Å². The van der Waals surface area contributed by atoms with Crippen LogP contribution in [0.4, 0.5) is 0 Å². The zero-order valence-electron chi connectivity index (χ0n) is 6.56. The van der Waals surface area contributed by atoms with Crippen LogP contribution in [-0.4, -0.2) is 17.1 Å². The fourth-order valence-corrected chi connectivity index (χ4v) is 0.685. The minimum atomic E-state index is -1.06. The Bertz CT molecular complexity index is 184. The van der Waals surface area contributed by atoms with Crippen molar-refractivity contribution >= 4 is 5.97 Å². The highest BCUT2D eigenvalue weighted by Gasteiger charge is 2.21. The van der Waals surface area contributed by atoms with Crippen molar-refractivity contribution in [3.05, 3.63) is 10.4 Å². The van der Waals surface area contributed by atoms with Gasteiger partial charge in [0.25, 0.3) is 0 Å². The molecule has 0 rings (SSSR count). The van der Waals surface area contributed by atoms with Crippen LogP contribution in [0.15, 0.2) is 5.11 Å². The molecule has 62 valence electrons. The zero-order chi connectivity index (χ0) is 8.85. The van der Waals surface area contributed by atoms with Crippen molar-refractivity contribution < 1.29 is 9.90 Å². The summed E-state index contributed by atoms with van der Waals surface area (Å²) < 4.78 is 0. The number of carboxylic acids is 1. The van der Waals surface area contributed by atoms with Gasteiger partial charge in [-0.05, 0) is 11.4 Å². The molecular weight excluding hydrogens is 146 g/mol. The van der Waals surface area contributed by atoms with Crippen LogP contribution in [0.5, 0.6) is 0 Å². The summed E-state index contributed by atoms with van der Waals surface area (Å²) in [6, 6.07) is -0.926. The second kappa shape index (κ2) is 4.57. The van der Waals surface area contributed by atoms with Crippen LogP contribution in [0.25, 0.3) is 10.4 Å². The Balaban J connectivity index is 4.32. The number of rotatable bonds is 4. The fourth-order valence-electron chi connectivity index (χ4n) is 0.685. The van der Waals surface area contributed by atoms with E-state index >= 15 is 0 Å². The van der Waals surface area contributed by atoms with Gasteiger partial charge in [-0.15, -0.1) is 0 Å². The lowest BCUT2D eigenvalue weighted by molar-refractivity contribution is -0.139. The van der Waals surface area contributed by atoms with Gasteiger partial charge in [-0.25, -0.2) is 0 Å². The van der Waals surface area contributed by atoms with Crippen molar-refractivity contribution in [2.45, 2.75) is 26.3 Å². The summed E-state index contributed by atoms with van der Waals surface area (Å²) in [6.45, 7) is 3.60. The van der Waals surface area contributed by atoms with E-state index in [0.29, 0.717) is 6.42 Å². The van der Waals surface area contributed by atoms with Gasteiger partial charge in [0.1, 0.15) is 6.04 Å². The van der Waals surface area contributed by atoms with Crippen molar-refractivity contribution in [2.75, 3.05) is 0 Å². The molecular formula is C6H11N3O2. The van der Waals surface area contributed by atoms with Crippen molar-refractivity contribution in [3.63, 3.8) is 0 Å². The van der Waals surface area contributed by atoms with Crippen LogP contribution in [0.2, 0.25) is 0 Å². The first-order valence-electron chi connectivity index (χ1n) is 3.40. The van der Waals surface area contributed by atoms with E-state index in [9.17, 15) is 4.79 Å². The minimum absolute atomic E-state index is 0.108. The standard InChI is InChI=1S/C6H11N3O2/c1-3-4(2)5(6(10)11)8-9-7/h4-5H,3H2,1-2H3,(H,10,11)/t4-,5?/m0/s1. The van der Waals surface area contributed by atoms with E-state index in [2.05, 4.69) is 10.0 Å². The van der Waals surface area contributed by atoms with Crippen molar-refractivity contribution in [1.82, 2.24) is 0 Å². The number of azide groups is 1. The molecule has 0 amide bonds. The third kappa shape index (κ3) is 2.91. The topological polar surface area (TPSA) is 86.1 Å². The molecule has 11 heavy (non-hydrogen) atoms. The van der Waals surface area contributed by atoms with Gasteiger partial charge in [-0.3, -0.25) is 4.79 Å². The SMILES string of the molecule is CC[C@H](C)C(N=[N+]=[N-])C(=O)O. The maximum Gasteiger partial charge on any atom is 0.312 e. The van der Waals surface area contributed by atoms with Crippen molar-refractivity contribution in [3.8, 4) is 0 Å². The molecule has 0 aromatic heterocycles. The Morgan fingerprint density at radius 3 is 2.64 bits per heavy atom. The summed E-state index contributed by atoms with van der Waals surface area (Å²) in [5, 5.41) is 11.7. The summed E-state index contributed by atoms with van der Waals surface area (Å²) in [4.78, 5) is 12.9. The maximum absolute atomic E-state index is 10.4. The van der Waals surface area contributed by atoms with Crippen LogP contribution in [0.3, 0.4) is 0 Å². The van der Waals surface area contributed by atoms with E-state index < -0.39 is 12.0 Å². The molecule has 5 nitrogen and oxygen atoms in total. The van der Waals surface area contributed by atoms with Gasteiger partial charge in [0.2, 0.25) is 0 Å². The lowest BCUT2D eigenvalue weighted by atomic mass is 10.0. The summed E-state index contributed by atoms with van der Waals surface area (Å²) in [7, 11) is 0. The Morgan fingerprint density at radius 2 is 2.36 bits per heavy atom. The minimum Gasteiger partial charge on any atom is -0.481 e. The number of carboxylic acid groups (broad SMARTS) is 1. The molecule has 1 unspecified atom stereocenters. The highest BCUT2D eigenvalue weighted by molar-refractivity contribution is 5.73. The summed E-state index contributed by atoms with van der Waals surface area (Å²) in [6.07, 6.45) is 0.690. The summed E-state index contributed by atoms with van der Waals surface area (Å²) in [5.74, 6) is -1.17. The second-order valence-corrected chi connectivity index (χ2v) is 2.37. The van der Waals surface area contributed by atoms with Crippen LogP contribution in [-0.2, 0) is 4.79 Å². The molecule has 1 N–H and O–H groups in total. The Labute approximate surface area is 64.7 Å². The van der Waals surface area contributed by atoms with Gasteiger partial charge in [-0.2, -0.15) is 0 Å². The molecule has 0 fully saturated rings. The molecule has 2 atom stereocenters. The first-order valence-corrected chi connectivity index (χ1v) is 3.40. The molecule has 0 spiro atoms. The molecule has 0 heterocycles. The zero-order valence-corrected chi connectivity index (χ0v) is 6.56. The van der Waals surface area contributed by atoms with Gasteiger partial charge < -0.3 is 5.11 Å². The van der Waals surface area contributed by atoms with Crippen LogP contribution < -0.4 is 0 Å². The van der Waals surface area contributed by atoms with E-state index in [1.54, 1.807) is 6.92 Å². The van der Waals surface area contributed by atoms with Gasteiger partial charge in [0, 0.05) is 4.91 Å². The van der Waals surface area contributed by atoms with E-state index in [-0.39, 0.29) is 5.92 Å². The second-order valence-electron chi connectivity index (χ2n) is 2.37. The molecule has 0 aromatic rings. The predicted octanol–water partition coefficient (Wildman–Crippen LogP) is 1.80. The summed E-state index contributed by atoms with van der Waals surface area (Å²) in [5.41, 5.74) is 8.02. The monoisotopic (exact) mass is 157 g/mol. The Hall–Kier alpha value is -1.22. The number of hydrogen-bond acceptors (Lipinski definition) is 2. The molecule has 0 bridgehead atoms. The van der Waals surface area contributed by atoms with Crippen LogP contribution in [0.1, 0.15) is 20.3 Å². The van der Waals surface area contributed by atoms with Crippen LogP contribution >= 0.6 is 0 Å². The average Bonchev–Trinajstić information content (AvgIpc) is 1.98.